The second kappa shape index (κ2) is 6.35. The van der Waals surface area contributed by atoms with Crippen LogP contribution in [0.4, 0.5) is 14.5 Å². The van der Waals surface area contributed by atoms with Gasteiger partial charge in [0, 0.05) is 5.69 Å². The Kier molecular flexibility index (Phi) is 4.52. The van der Waals surface area contributed by atoms with E-state index in [0.29, 0.717) is 11.4 Å². The minimum atomic E-state index is -1.16. The molecule has 110 valence electrons. The standard InChI is InChI=1S/C16H15F2NO2/c1-10(2)21-12-8-6-11(7-9-12)19-16(20)13-4-3-5-14(17)15(13)18/h3-10H,1-2H3,(H,19,20). The quantitative estimate of drug-likeness (QED) is 0.924. The Labute approximate surface area is 121 Å². The summed E-state index contributed by atoms with van der Waals surface area (Å²) in [5.41, 5.74) is 0.136. The molecule has 2 rings (SSSR count). The van der Waals surface area contributed by atoms with E-state index < -0.39 is 17.5 Å². The fraction of sp³-hybridized carbons (Fsp3) is 0.188. The van der Waals surface area contributed by atoms with Gasteiger partial charge >= 0.3 is 0 Å². The topological polar surface area (TPSA) is 38.3 Å². The van der Waals surface area contributed by atoms with Gasteiger partial charge in [0.05, 0.1) is 11.7 Å². The minimum Gasteiger partial charge on any atom is -0.491 e. The van der Waals surface area contributed by atoms with Crippen molar-refractivity contribution in [2.45, 2.75) is 20.0 Å². The first-order valence-electron chi connectivity index (χ1n) is 6.49. The summed E-state index contributed by atoms with van der Waals surface area (Å²) in [6, 6.07) is 10.1. The summed E-state index contributed by atoms with van der Waals surface area (Å²) >= 11 is 0. The van der Waals surface area contributed by atoms with Gasteiger partial charge in [-0.15, -0.1) is 0 Å². The average molecular weight is 291 g/mol. The van der Waals surface area contributed by atoms with E-state index in [1.54, 1.807) is 24.3 Å². The molecule has 0 radical (unpaired) electrons. The minimum absolute atomic E-state index is 0.0480. The molecule has 21 heavy (non-hydrogen) atoms. The van der Waals surface area contributed by atoms with Gasteiger partial charge in [0.25, 0.3) is 5.91 Å². The van der Waals surface area contributed by atoms with Crippen LogP contribution >= 0.6 is 0 Å². The molecule has 0 spiro atoms. The number of carbonyl (C=O) groups excluding carboxylic acids is 1. The SMILES string of the molecule is CC(C)Oc1ccc(NC(=O)c2cccc(F)c2F)cc1. The third kappa shape index (κ3) is 3.78. The van der Waals surface area contributed by atoms with Crippen LogP contribution in [0.1, 0.15) is 24.2 Å². The number of hydrogen-bond acceptors (Lipinski definition) is 2. The van der Waals surface area contributed by atoms with E-state index in [1.807, 2.05) is 13.8 Å². The van der Waals surface area contributed by atoms with Gasteiger partial charge in [0.15, 0.2) is 11.6 Å². The molecular formula is C16H15F2NO2. The van der Waals surface area contributed by atoms with E-state index >= 15 is 0 Å². The van der Waals surface area contributed by atoms with E-state index in [9.17, 15) is 13.6 Å². The molecule has 0 aliphatic rings. The summed E-state index contributed by atoms with van der Waals surface area (Å²) in [6.07, 6.45) is 0.0480. The lowest BCUT2D eigenvalue weighted by Gasteiger charge is -2.11. The van der Waals surface area contributed by atoms with E-state index in [4.69, 9.17) is 4.74 Å². The van der Waals surface area contributed by atoms with Crippen LogP contribution < -0.4 is 10.1 Å². The zero-order chi connectivity index (χ0) is 15.4. The van der Waals surface area contributed by atoms with Gasteiger partial charge in [-0.2, -0.15) is 0 Å². The molecule has 2 aromatic carbocycles. The predicted octanol–water partition coefficient (Wildman–Crippen LogP) is 4.00. The van der Waals surface area contributed by atoms with Gasteiger partial charge in [-0.05, 0) is 50.2 Å². The number of anilines is 1. The number of carbonyl (C=O) groups is 1. The molecule has 0 aromatic heterocycles. The highest BCUT2D eigenvalue weighted by Gasteiger charge is 2.15. The predicted molar refractivity (Wildman–Crippen MR) is 76.5 cm³/mol. The Morgan fingerprint density at radius 1 is 1.10 bits per heavy atom. The molecule has 0 heterocycles. The van der Waals surface area contributed by atoms with Crippen molar-refractivity contribution in [1.82, 2.24) is 0 Å². The molecule has 2 aromatic rings. The molecule has 0 aliphatic carbocycles. The molecule has 3 nitrogen and oxygen atoms in total. The number of hydrogen-bond donors (Lipinski definition) is 1. The summed E-state index contributed by atoms with van der Waals surface area (Å²) < 4.78 is 32.1. The van der Waals surface area contributed by atoms with Gasteiger partial charge in [-0.1, -0.05) is 6.07 Å². The molecule has 0 fully saturated rings. The van der Waals surface area contributed by atoms with Crippen molar-refractivity contribution in [3.05, 3.63) is 59.7 Å². The fourth-order valence-electron chi connectivity index (χ4n) is 1.77. The lowest BCUT2D eigenvalue weighted by Crippen LogP contribution is -2.14. The Morgan fingerprint density at radius 2 is 1.76 bits per heavy atom. The summed E-state index contributed by atoms with van der Waals surface area (Å²) in [7, 11) is 0. The number of nitrogens with one attached hydrogen (secondary N) is 1. The lowest BCUT2D eigenvalue weighted by molar-refractivity contribution is 0.102. The Morgan fingerprint density at radius 3 is 2.38 bits per heavy atom. The van der Waals surface area contributed by atoms with Crippen molar-refractivity contribution >= 4 is 11.6 Å². The van der Waals surface area contributed by atoms with Crippen LogP contribution in [0.3, 0.4) is 0 Å². The summed E-state index contributed by atoms with van der Waals surface area (Å²) in [6.45, 7) is 3.81. The summed E-state index contributed by atoms with van der Waals surface area (Å²) in [5.74, 6) is -2.25. The molecular weight excluding hydrogens is 276 g/mol. The highest BCUT2D eigenvalue weighted by atomic mass is 19.2. The average Bonchev–Trinajstić information content (AvgIpc) is 2.43. The maximum Gasteiger partial charge on any atom is 0.258 e. The monoisotopic (exact) mass is 291 g/mol. The molecule has 0 aliphatic heterocycles. The van der Waals surface area contributed by atoms with Gasteiger partial charge in [0.2, 0.25) is 0 Å². The number of amides is 1. The Bertz CT molecular complexity index is 639. The lowest BCUT2D eigenvalue weighted by atomic mass is 10.2. The van der Waals surface area contributed by atoms with Gasteiger partial charge in [-0.3, -0.25) is 4.79 Å². The zero-order valence-electron chi connectivity index (χ0n) is 11.7. The van der Waals surface area contributed by atoms with E-state index in [0.717, 1.165) is 6.07 Å². The summed E-state index contributed by atoms with van der Waals surface area (Å²) in [4.78, 5) is 11.9. The van der Waals surface area contributed by atoms with Crippen LogP contribution in [0, 0.1) is 11.6 Å². The van der Waals surface area contributed by atoms with Gasteiger partial charge in [-0.25, -0.2) is 8.78 Å². The van der Waals surface area contributed by atoms with Crippen molar-refractivity contribution in [3.63, 3.8) is 0 Å². The first-order chi connectivity index (χ1) is 9.97. The maximum atomic E-state index is 13.5. The molecule has 1 N–H and O–H groups in total. The highest BCUT2D eigenvalue weighted by Crippen LogP contribution is 2.18. The van der Waals surface area contributed by atoms with E-state index in [1.165, 1.54) is 12.1 Å². The molecule has 1 amide bonds. The van der Waals surface area contributed by atoms with Crippen LogP contribution in [0.25, 0.3) is 0 Å². The molecule has 5 heteroatoms. The van der Waals surface area contributed by atoms with Crippen LogP contribution in [0.5, 0.6) is 5.75 Å². The normalized spacial score (nSPS) is 10.5. The maximum absolute atomic E-state index is 13.5. The molecule has 0 saturated heterocycles. The van der Waals surface area contributed by atoms with Crippen LogP contribution in [-0.4, -0.2) is 12.0 Å². The zero-order valence-corrected chi connectivity index (χ0v) is 11.7. The van der Waals surface area contributed by atoms with Crippen molar-refractivity contribution in [3.8, 4) is 5.75 Å². The van der Waals surface area contributed by atoms with Crippen LogP contribution in [-0.2, 0) is 0 Å². The number of rotatable bonds is 4. The third-order valence-corrected chi connectivity index (χ3v) is 2.68. The Balaban J connectivity index is 2.11. The second-order valence-electron chi connectivity index (χ2n) is 4.75. The molecule has 0 atom stereocenters. The first kappa shape index (κ1) is 15.0. The van der Waals surface area contributed by atoms with Gasteiger partial charge < -0.3 is 10.1 Å². The molecule has 0 unspecified atom stereocenters. The van der Waals surface area contributed by atoms with E-state index in [-0.39, 0.29) is 11.7 Å². The fourth-order valence-corrected chi connectivity index (χ4v) is 1.77. The van der Waals surface area contributed by atoms with Crippen LogP contribution in [0.15, 0.2) is 42.5 Å². The largest absolute Gasteiger partial charge is 0.491 e. The molecule has 0 bridgehead atoms. The molecule has 0 saturated carbocycles. The van der Waals surface area contributed by atoms with E-state index in [2.05, 4.69) is 5.32 Å². The number of halogens is 2. The third-order valence-electron chi connectivity index (χ3n) is 2.68. The second-order valence-corrected chi connectivity index (χ2v) is 4.75. The van der Waals surface area contributed by atoms with Crippen molar-refractivity contribution < 1.29 is 18.3 Å². The van der Waals surface area contributed by atoms with Gasteiger partial charge in [0.1, 0.15) is 5.75 Å². The van der Waals surface area contributed by atoms with Crippen molar-refractivity contribution in [1.29, 1.82) is 0 Å². The first-order valence-corrected chi connectivity index (χ1v) is 6.49. The number of benzene rings is 2. The van der Waals surface area contributed by atoms with Crippen molar-refractivity contribution in [2.75, 3.05) is 5.32 Å². The Hall–Kier alpha value is -2.43. The highest BCUT2D eigenvalue weighted by molar-refractivity contribution is 6.04. The van der Waals surface area contributed by atoms with Crippen LogP contribution in [0.2, 0.25) is 0 Å². The smallest absolute Gasteiger partial charge is 0.258 e. The van der Waals surface area contributed by atoms with Crippen molar-refractivity contribution in [2.24, 2.45) is 0 Å². The summed E-state index contributed by atoms with van der Waals surface area (Å²) in [5, 5.41) is 2.51. The number of ether oxygens (including phenoxy) is 1.